The van der Waals surface area contributed by atoms with Crippen LogP contribution in [0.4, 0.5) is 13.2 Å². The summed E-state index contributed by atoms with van der Waals surface area (Å²) >= 11 is 0. The molecule has 1 aromatic rings. The van der Waals surface area contributed by atoms with E-state index in [1.165, 1.54) is 6.07 Å². The number of nitrogens with two attached hydrogens (primary N) is 1. The molecule has 18 heavy (non-hydrogen) atoms. The van der Waals surface area contributed by atoms with E-state index < -0.39 is 23.9 Å². The Kier molecular flexibility index (Phi) is 3.89. The molecule has 0 aromatic heterocycles. The second-order valence-electron chi connectivity index (χ2n) is 4.13. The van der Waals surface area contributed by atoms with Crippen LogP contribution in [0.3, 0.4) is 0 Å². The molecule has 0 saturated carbocycles. The Morgan fingerprint density at radius 3 is 2.67 bits per heavy atom. The van der Waals surface area contributed by atoms with E-state index >= 15 is 0 Å². The van der Waals surface area contributed by atoms with E-state index in [0.717, 1.165) is 12.1 Å². The molecule has 1 aromatic carbocycles. The van der Waals surface area contributed by atoms with E-state index in [-0.39, 0.29) is 0 Å². The highest BCUT2D eigenvalue weighted by atomic mass is 19.4. The highest BCUT2D eigenvalue weighted by Gasteiger charge is 2.31. The lowest BCUT2D eigenvalue weighted by Gasteiger charge is -2.28. The lowest BCUT2D eigenvalue weighted by Crippen LogP contribution is -2.37. The van der Waals surface area contributed by atoms with Crippen LogP contribution in [0.15, 0.2) is 24.3 Å². The standard InChI is InChI=1S/C12H14F3NO2/c13-12(14,15)9-3-1-2-8(6-9)11(16)10-7-17-4-5-18-10/h1-3,6,10-11H,4-5,7,16H2. The molecule has 2 unspecified atom stereocenters. The molecule has 100 valence electrons. The van der Waals surface area contributed by atoms with E-state index in [2.05, 4.69) is 0 Å². The Morgan fingerprint density at radius 2 is 2.06 bits per heavy atom. The third kappa shape index (κ3) is 3.01. The van der Waals surface area contributed by atoms with E-state index in [9.17, 15) is 13.2 Å². The summed E-state index contributed by atoms with van der Waals surface area (Å²) in [6, 6.07) is 4.38. The van der Waals surface area contributed by atoms with Crippen LogP contribution in [0.25, 0.3) is 0 Å². The topological polar surface area (TPSA) is 44.5 Å². The molecule has 2 atom stereocenters. The van der Waals surface area contributed by atoms with Crippen LogP contribution < -0.4 is 5.73 Å². The Bertz CT molecular complexity index is 403. The number of hydrogen-bond donors (Lipinski definition) is 1. The fourth-order valence-corrected chi connectivity index (χ4v) is 1.85. The maximum Gasteiger partial charge on any atom is 0.416 e. The van der Waals surface area contributed by atoms with Crippen molar-refractivity contribution in [3.8, 4) is 0 Å². The van der Waals surface area contributed by atoms with Gasteiger partial charge in [-0.15, -0.1) is 0 Å². The molecular weight excluding hydrogens is 247 g/mol. The second kappa shape index (κ2) is 5.26. The predicted octanol–water partition coefficient (Wildman–Crippen LogP) is 2.12. The van der Waals surface area contributed by atoms with Crippen molar-refractivity contribution in [3.05, 3.63) is 35.4 Å². The predicted molar refractivity (Wildman–Crippen MR) is 58.9 cm³/mol. The van der Waals surface area contributed by atoms with Gasteiger partial charge in [-0.25, -0.2) is 0 Å². The lowest BCUT2D eigenvalue weighted by atomic mass is 10.00. The van der Waals surface area contributed by atoms with E-state index in [4.69, 9.17) is 15.2 Å². The summed E-state index contributed by atoms with van der Waals surface area (Å²) in [5.41, 5.74) is 5.61. The first-order chi connectivity index (χ1) is 8.48. The maximum absolute atomic E-state index is 12.6. The molecule has 2 N–H and O–H groups in total. The first-order valence-corrected chi connectivity index (χ1v) is 5.60. The second-order valence-corrected chi connectivity index (χ2v) is 4.13. The molecule has 2 rings (SSSR count). The molecule has 1 saturated heterocycles. The fourth-order valence-electron chi connectivity index (χ4n) is 1.85. The molecule has 3 nitrogen and oxygen atoms in total. The van der Waals surface area contributed by atoms with Gasteiger partial charge >= 0.3 is 6.18 Å². The van der Waals surface area contributed by atoms with Gasteiger partial charge in [-0.3, -0.25) is 0 Å². The van der Waals surface area contributed by atoms with Crippen LogP contribution in [0, 0.1) is 0 Å². The number of rotatable bonds is 2. The summed E-state index contributed by atoms with van der Waals surface area (Å²) in [4.78, 5) is 0. The smallest absolute Gasteiger partial charge is 0.376 e. The van der Waals surface area contributed by atoms with Crippen molar-refractivity contribution in [2.75, 3.05) is 19.8 Å². The summed E-state index contributed by atoms with van der Waals surface area (Å²) in [5.74, 6) is 0. The monoisotopic (exact) mass is 261 g/mol. The fraction of sp³-hybridized carbons (Fsp3) is 0.500. The minimum absolute atomic E-state index is 0.303. The minimum atomic E-state index is -4.36. The molecule has 0 spiro atoms. The van der Waals surface area contributed by atoms with Gasteiger partial charge in [0.05, 0.1) is 31.4 Å². The summed E-state index contributed by atoms with van der Waals surface area (Å²) in [6.07, 6.45) is -4.76. The zero-order valence-corrected chi connectivity index (χ0v) is 9.61. The van der Waals surface area contributed by atoms with Crippen LogP contribution in [0.5, 0.6) is 0 Å². The molecule has 1 aliphatic rings. The average Bonchev–Trinajstić information content (AvgIpc) is 2.38. The van der Waals surface area contributed by atoms with Crippen LogP contribution in [0.2, 0.25) is 0 Å². The minimum Gasteiger partial charge on any atom is -0.376 e. The average molecular weight is 261 g/mol. The van der Waals surface area contributed by atoms with Gasteiger partial charge in [0.2, 0.25) is 0 Å². The van der Waals surface area contributed by atoms with Gasteiger partial charge in [-0.05, 0) is 17.7 Å². The molecule has 0 bridgehead atoms. The number of halogens is 3. The molecule has 0 radical (unpaired) electrons. The zero-order valence-electron chi connectivity index (χ0n) is 9.61. The first kappa shape index (κ1) is 13.3. The van der Waals surface area contributed by atoms with Crippen LogP contribution in [0.1, 0.15) is 17.2 Å². The van der Waals surface area contributed by atoms with Crippen molar-refractivity contribution in [3.63, 3.8) is 0 Å². The van der Waals surface area contributed by atoms with Gasteiger partial charge in [0, 0.05) is 0 Å². The van der Waals surface area contributed by atoms with E-state index in [1.807, 2.05) is 0 Å². The van der Waals surface area contributed by atoms with Gasteiger partial charge in [-0.2, -0.15) is 13.2 Å². The van der Waals surface area contributed by atoms with Crippen LogP contribution in [-0.4, -0.2) is 25.9 Å². The highest BCUT2D eigenvalue weighted by molar-refractivity contribution is 5.28. The Labute approximate surface area is 103 Å². The molecule has 1 fully saturated rings. The molecule has 0 amide bonds. The van der Waals surface area contributed by atoms with Crippen LogP contribution >= 0.6 is 0 Å². The third-order valence-corrected chi connectivity index (χ3v) is 2.84. The maximum atomic E-state index is 12.6. The first-order valence-electron chi connectivity index (χ1n) is 5.60. The highest BCUT2D eigenvalue weighted by Crippen LogP contribution is 2.31. The molecule has 1 aliphatic heterocycles. The Hall–Kier alpha value is -1.11. The molecule has 6 heteroatoms. The molecular formula is C12H14F3NO2. The number of benzene rings is 1. The Morgan fingerprint density at radius 1 is 1.28 bits per heavy atom. The zero-order chi connectivity index (χ0) is 13.2. The van der Waals surface area contributed by atoms with Gasteiger partial charge in [-0.1, -0.05) is 12.1 Å². The van der Waals surface area contributed by atoms with Gasteiger partial charge in [0.25, 0.3) is 0 Å². The molecule has 1 heterocycles. The summed E-state index contributed by atoms with van der Waals surface area (Å²) < 4.78 is 48.3. The van der Waals surface area contributed by atoms with Crippen molar-refractivity contribution >= 4 is 0 Å². The third-order valence-electron chi connectivity index (χ3n) is 2.84. The Balaban J connectivity index is 2.17. The summed E-state index contributed by atoms with van der Waals surface area (Å²) in [5, 5.41) is 0. The number of hydrogen-bond acceptors (Lipinski definition) is 3. The van der Waals surface area contributed by atoms with E-state index in [1.54, 1.807) is 6.07 Å². The van der Waals surface area contributed by atoms with Gasteiger partial charge < -0.3 is 15.2 Å². The summed E-state index contributed by atoms with van der Waals surface area (Å²) in [6.45, 7) is 1.21. The largest absolute Gasteiger partial charge is 0.416 e. The van der Waals surface area contributed by atoms with E-state index in [0.29, 0.717) is 25.4 Å². The van der Waals surface area contributed by atoms with Crippen molar-refractivity contribution in [2.45, 2.75) is 18.3 Å². The van der Waals surface area contributed by atoms with Crippen molar-refractivity contribution < 1.29 is 22.6 Å². The molecule has 0 aliphatic carbocycles. The van der Waals surface area contributed by atoms with Crippen molar-refractivity contribution in [2.24, 2.45) is 5.73 Å². The van der Waals surface area contributed by atoms with Crippen molar-refractivity contribution in [1.29, 1.82) is 0 Å². The van der Waals surface area contributed by atoms with Gasteiger partial charge in [0.1, 0.15) is 6.10 Å². The number of ether oxygens (including phenoxy) is 2. The number of alkyl halides is 3. The lowest BCUT2D eigenvalue weighted by molar-refractivity contribution is -0.137. The van der Waals surface area contributed by atoms with Crippen LogP contribution in [-0.2, 0) is 15.7 Å². The van der Waals surface area contributed by atoms with Crippen molar-refractivity contribution in [1.82, 2.24) is 0 Å². The SMILES string of the molecule is NC(c1cccc(C(F)(F)F)c1)C1COCCO1. The summed E-state index contributed by atoms with van der Waals surface area (Å²) in [7, 11) is 0. The quantitative estimate of drug-likeness (QED) is 0.886. The van der Waals surface area contributed by atoms with Gasteiger partial charge in [0.15, 0.2) is 0 Å². The normalized spacial score (nSPS) is 22.8.